The number of hydrogen-bond acceptors (Lipinski definition) is 4. The van der Waals surface area contributed by atoms with Crippen molar-refractivity contribution in [1.29, 1.82) is 0 Å². The second kappa shape index (κ2) is 10.2. The van der Waals surface area contributed by atoms with Crippen LogP contribution in [0.4, 0.5) is 4.79 Å². The van der Waals surface area contributed by atoms with Crippen LogP contribution in [-0.4, -0.2) is 42.8 Å². The summed E-state index contributed by atoms with van der Waals surface area (Å²) in [6.07, 6.45) is 5.08. The van der Waals surface area contributed by atoms with Crippen LogP contribution in [-0.2, 0) is 10.2 Å². The minimum absolute atomic E-state index is 0.226. The number of likely N-dealkylation sites (tertiary alicyclic amines) is 1. The molecule has 0 saturated carbocycles. The maximum atomic E-state index is 9.76. The molecule has 2 rings (SSSR count). The molecule has 1 saturated heterocycles. The number of hydrogen-bond donors (Lipinski definition) is 2. The molecule has 3 N–H and O–H groups in total. The van der Waals surface area contributed by atoms with Gasteiger partial charge >= 0.3 is 6.09 Å². The van der Waals surface area contributed by atoms with Crippen LogP contribution < -0.4 is 5.73 Å². The molecule has 1 aromatic carbocycles. The molecule has 1 heterocycles. The zero-order valence-electron chi connectivity index (χ0n) is 15.3. The van der Waals surface area contributed by atoms with Gasteiger partial charge in [0.05, 0.1) is 6.61 Å². The normalized spacial score (nSPS) is 21.3. The third-order valence-corrected chi connectivity index (χ3v) is 4.60. The molecule has 1 fully saturated rings. The van der Waals surface area contributed by atoms with Gasteiger partial charge in [-0.3, -0.25) is 0 Å². The van der Waals surface area contributed by atoms with Crippen molar-refractivity contribution < 1.29 is 14.6 Å². The number of phenols is 1. The van der Waals surface area contributed by atoms with Gasteiger partial charge in [0.25, 0.3) is 0 Å². The number of rotatable bonds is 4. The number of likely N-dealkylation sites (N-methyl/N-ethyl adjacent to an activating group) is 1. The van der Waals surface area contributed by atoms with Gasteiger partial charge in [-0.15, -0.1) is 0 Å². The number of carbonyl (C=O) groups excluding carboxylic acids is 1. The summed E-state index contributed by atoms with van der Waals surface area (Å²) in [6, 6.07) is 7.84. The van der Waals surface area contributed by atoms with Crippen molar-refractivity contribution in [2.45, 2.75) is 51.4 Å². The van der Waals surface area contributed by atoms with E-state index in [1.807, 2.05) is 19.1 Å². The van der Waals surface area contributed by atoms with Crippen molar-refractivity contribution in [2.24, 2.45) is 5.73 Å². The summed E-state index contributed by atoms with van der Waals surface area (Å²) in [5.41, 5.74) is 6.14. The molecule has 24 heavy (non-hydrogen) atoms. The summed E-state index contributed by atoms with van der Waals surface area (Å²) in [5, 5.41) is 9.68. The van der Waals surface area contributed by atoms with Crippen molar-refractivity contribution in [2.75, 3.05) is 26.7 Å². The van der Waals surface area contributed by atoms with E-state index in [2.05, 4.69) is 35.4 Å². The predicted octanol–water partition coefficient (Wildman–Crippen LogP) is 3.65. The van der Waals surface area contributed by atoms with Crippen LogP contribution in [0.2, 0.25) is 0 Å². The number of benzene rings is 1. The van der Waals surface area contributed by atoms with Gasteiger partial charge in [-0.1, -0.05) is 32.4 Å². The standard InChI is InChI=1S/C15H23NO.C4H9NO2/c1-3-15(9-4-5-10-16(2)12-15)13-7-6-8-14(17)11-13;1-2-3-7-4(5)6/h6-8,11,17H,3-5,9-10,12H2,1-2H3;2-3H2,1H3,(H2,5,6). The number of phenolic OH excluding ortho intramolecular Hbond substituents is 1. The van der Waals surface area contributed by atoms with Crippen molar-refractivity contribution in [3.8, 4) is 5.75 Å². The van der Waals surface area contributed by atoms with Crippen molar-refractivity contribution in [3.63, 3.8) is 0 Å². The average Bonchev–Trinajstić information content (AvgIpc) is 2.75. The average molecular weight is 336 g/mol. The molecule has 0 radical (unpaired) electrons. The summed E-state index contributed by atoms with van der Waals surface area (Å²) < 4.78 is 4.33. The number of aromatic hydroxyl groups is 1. The van der Waals surface area contributed by atoms with E-state index in [9.17, 15) is 9.90 Å². The van der Waals surface area contributed by atoms with E-state index in [-0.39, 0.29) is 5.41 Å². The van der Waals surface area contributed by atoms with Crippen LogP contribution in [0.5, 0.6) is 5.75 Å². The van der Waals surface area contributed by atoms with E-state index in [4.69, 9.17) is 0 Å². The molecule has 5 nitrogen and oxygen atoms in total. The molecule has 1 amide bonds. The molecule has 1 aromatic rings. The molecule has 5 heteroatoms. The van der Waals surface area contributed by atoms with Gasteiger partial charge in [-0.25, -0.2) is 4.79 Å². The summed E-state index contributed by atoms with van der Waals surface area (Å²) >= 11 is 0. The molecule has 0 aliphatic carbocycles. The lowest BCUT2D eigenvalue weighted by Gasteiger charge is -2.35. The fourth-order valence-corrected chi connectivity index (χ4v) is 3.29. The molecule has 1 aliphatic rings. The molecule has 1 atom stereocenters. The highest BCUT2D eigenvalue weighted by molar-refractivity contribution is 5.64. The first-order valence-corrected chi connectivity index (χ1v) is 8.84. The van der Waals surface area contributed by atoms with Gasteiger partial charge in [0.15, 0.2) is 0 Å². The molecule has 136 valence electrons. The highest BCUT2D eigenvalue weighted by Gasteiger charge is 2.33. The highest BCUT2D eigenvalue weighted by atomic mass is 16.5. The van der Waals surface area contributed by atoms with Crippen molar-refractivity contribution >= 4 is 6.09 Å². The minimum Gasteiger partial charge on any atom is -0.508 e. The number of carbonyl (C=O) groups is 1. The van der Waals surface area contributed by atoms with E-state index in [1.165, 1.54) is 31.4 Å². The zero-order chi connectivity index (χ0) is 18.0. The maximum absolute atomic E-state index is 9.76. The SMILES string of the molecule is CCC1(c2cccc(O)c2)CCCCN(C)C1.CCCOC(N)=O. The Kier molecular flexibility index (Phi) is 8.61. The van der Waals surface area contributed by atoms with Gasteiger partial charge in [0.1, 0.15) is 5.75 Å². The van der Waals surface area contributed by atoms with E-state index in [0.29, 0.717) is 12.4 Å². The molecule has 1 unspecified atom stereocenters. The maximum Gasteiger partial charge on any atom is 0.404 e. The van der Waals surface area contributed by atoms with Crippen LogP contribution >= 0.6 is 0 Å². The molecule has 1 aliphatic heterocycles. The predicted molar refractivity (Wildman–Crippen MR) is 97.3 cm³/mol. The Morgan fingerprint density at radius 1 is 1.38 bits per heavy atom. The molecular formula is C19H32N2O3. The van der Waals surface area contributed by atoms with Crippen LogP contribution in [0.15, 0.2) is 24.3 Å². The lowest BCUT2D eigenvalue weighted by atomic mass is 9.74. The molecular weight excluding hydrogens is 304 g/mol. The third kappa shape index (κ3) is 6.40. The Hall–Kier alpha value is -1.75. The number of amides is 1. The lowest BCUT2D eigenvalue weighted by Crippen LogP contribution is -2.37. The van der Waals surface area contributed by atoms with Gasteiger partial charge in [-0.2, -0.15) is 0 Å². The minimum atomic E-state index is -0.693. The Bertz CT molecular complexity index is 507. The lowest BCUT2D eigenvalue weighted by molar-refractivity contribution is 0.157. The summed E-state index contributed by atoms with van der Waals surface area (Å²) in [6.45, 7) is 6.90. The van der Waals surface area contributed by atoms with Crippen LogP contribution in [0.1, 0.15) is 51.5 Å². The second-order valence-corrected chi connectivity index (χ2v) is 6.55. The first-order chi connectivity index (χ1) is 11.4. The molecule has 0 aromatic heterocycles. The Labute approximate surface area is 145 Å². The molecule has 0 spiro atoms. The van der Waals surface area contributed by atoms with E-state index >= 15 is 0 Å². The van der Waals surface area contributed by atoms with Gasteiger partial charge in [0.2, 0.25) is 0 Å². The van der Waals surface area contributed by atoms with Crippen LogP contribution in [0.25, 0.3) is 0 Å². The number of nitrogens with zero attached hydrogens (tertiary/aromatic N) is 1. The van der Waals surface area contributed by atoms with Gasteiger partial charge in [-0.05, 0) is 57.0 Å². The second-order valence-electron chi connectivity index (χ2n) is 6.55. The Morgan fingerprint density at radius 2 is 2.12 bits per heavy atom. The number of nitrogens with two attached hydrogens (primary N) is 1. The Balaban J connectivity index is 0.000000351. The Morgan fingerprint density at radius 3 is 2.67 bits per heavy atom. The van der Waals surface area contributed by atoms with Crippen molar-refractivity contribution in [3.05, 3.63) is 29.8 Å². The summed E-state index contributed by atoms with van der Waals surface area (Å²) in [5.74, 6) is 0.391. The monoisotopic (exact) mass is 336 g/mol. The van der Waals surface area contributed by atoms with Crippen LogP contribution in [0.3, 0.4) is 0 Å². The van der Waals surface area contributed by atoms with Gasteiger partial charge in [0, 0.05) is 12.0 Å². The fourth-order valence-electron chi connectivity index (χ4n) is 3.29. The smallest absolute Gasteiger partial charge is 0.404 e. The number of ether oxygens (including phenoxy) is 1. The first kappa shape index (κ1) is 20.3. The zero-order valence-corrected chi connectivity index (χ0v) is 15.3. The van der Waals surface area contributed by atoms with Gasteiger partial charge < -0.3 is 20.5 Å². The fraction of sp³-hybridized carbons (Fsp3) is 0.632. The number of primary amides is 1. The highest BCUT2D eigenvalue weighted by Crippen LogP contribution is 2.37. The topological polar surface area (TPSA) is 75.8 Å². The van der Waals surface area contributed by atoms with E-state index in [0.717, 1.165) is 19.4 Å². The largest absolute Gasteiger partial charge is 0.508 e. The summed E-state index contributed by atoms with van der Waals surface area (Å²) in [4.78, 5) is 12.2. The third-order valence-electron chi connectivity index (χ3n) is 4.60. The van der Waals surface area contributed by atoms with E-state index < -0.39 is 6.09 Å². The van der Waals surface area contributed by atoms with Crippen LogP contribution in [0, 0.1) is 0 Å². The van der Waals surface area contributed by atoms with E-state index in [1.54, 1.807) is 6.07 Å². The van der Waals surface area contributed by atoms with Crippen molar-refractivity contribution in [1.82, 2.24) is 4.90 Å². The summed E-state index contributed by atoms with van der Waals surface area (Å²) in [7, 11) is 2.21. The first-order valence-electron chi connectivity index (χ1n) is 8.84. The molecule has 0 bridgehead atoms. The quantitative estimate of drug-likeness (QED) is 0.880.